The number of hydrogen-bond acceptors (Lipinski definition) is 4. The van der Waals surface area contributed by atoms with Gasteiger partial charge in [-0.2, -0.15) is 0 Å². The van der Waals surface area contributed by atoms with Crippen molar-refractivity contribution in [3.05, 3.63) is 42.0 Å². The van der Waals surface area contributed by atoms with E-state index < -0.39 is 0 Å². The van der Waals surface area contributed by atoms with Crippen LogP contribution in [0.25, 0.3) is 0 Å². The molecule has 3 rings (SSSR count). The number of carbonyl (C=O) groups is 1. The van der Waals surface area contributed by atoms with Crippen molar-refractivity contribution in [3.63, 3.8) is 0 Å². The number of hydrogen-bond donors (Lipinski definition) is 1. The summed E-state index contributed by atoms with van der Waals surface area (Å²) in [5.41, 5.74) is 0.833. The van der Waals surface area contributed by atoms with Crippen molar-refractivity contribution in [2.24, 2.45) is 5.92 Å². The number of furan rings is 1. The summed E-state index contributed by atoms with van der Waals surface area (Å²) in [7, 11) is 1.56. The van der Waals surface area contributed by atoms with Crippen LogP contribution in [0, 0.1) is 12.8 Å². The number of aryl methyl sites for hydroxylation is 1. The van der Waals surface area contributed by atoms with Gasteiger partial charge in [-0.3, -0.25) is 4.79 Å². The normalized spacial score (nSPS) is 20.5. The number of pyridine rings is 1. The predicted octanol–water partition coefficient (Wildman–Crippen LogP) is 2.73. The zero-order chi connectivity index (χ0) is 14.1. The van der Waals surface area contributed by atoms with E-state index in [9.17, 15) is 4.79 Å². The lowest BCUT2D eigenvalue weighted by molar-refractivity contribution is -0.117. The van der Waals surface area contributed by atoms with E-state index in [-0.39, 0.29) is 17.7 Å². The van der Waals surface area contributed by atoms with E-state index in [1.165, 1.54) is 0 Å². The zero-order valence-corrected chi connectivity index (χ0v) is 11.4. The van der Waals surface area contributed by atoms with Crippen molar-refractivity contribution in [2.45, 2.75) is 19.3 Å². The van der Waals surface area contributed by atoms with Crippen LogP contribution in [0.2, 0.25) is 0 Å². The van der Waals surface area contributed by atoms with E-state index >= 15 is 0 Å². The van der Waals surface area contributed by atoms with Gasteiger partial charge in [0.25, 0.3) is 0 Å². The van der Waals surface area contributed by atoms with Crippen LogP contribution in [0.15, 0.2) is 34.9 Å². The molecule has 0 radical (unpaired) electrons. The largest absolute Gasteiger partial charge is 0.493 e. The van der Waals surface area contributed by atoms with E-state index in [4.69, 9.17) is 9.15 Å². The molecular formula is C15H16N2O3. The molecule has 2 atom stereocenters. The van der Waals surface area contributed by atoms with E-state index in [2.05, 4.69) is 10.3 Å². The summed E-state index contributed by atoms with van der Waals surface area (Å²) in [5.74, 6) is 2.01. The SMILES string of the molecule is COc1ccc(C)nc1NC(=O)[C@@H]1C[C@H]1c1ccco1. The van der Waals surface area contributed by atoms with Gasteiger partial charge >= 0.3 is 0 Å². The monoisotopic (exact) mass is 272 g/mol. The summed E-state index contributed by atoms with van der Waals surface area (Å²) in [5, 5.41) is 2.84. The molecule has 2 heterocycles. The third-order valence-electron chi connectivity index (χ3n) is 3.49. The highest BCUT2D eigenvalue weighted by molar-refractivity contribution is 5.95. The maximum Gasteiger partial charge on any atom is 0.229 e. The molecular weight excluding hydrogens is 256 g/mol. The summed E-state index contributed by atoms with van der Waals surface area (Å²) in [6.45, 7) is 1.87. The van der Waals surface area contributed by atoms with Gasteiger partial charge in [0.2, 0.25) is 5.91 Å². The van der Waals surface area contributed by atoms with E-state index in [0.717, 1.165) is 17.9 Å². The number of amides is 1. The van der Waals surface area contributed by atoms with Gasteiger partial charge in [0.05, 0.1) is 13.4 Å². The van der Waals surface area contributed by atoms with Gasteiger partial charge in [-0.1, -0.05) is 0 Å². The first-order valence-corrected chi connectivity index (χ1v) is 6.55. The molecule has 20 heavy (non-hydrogen) atoms. The molecule has 0 spiro atoms. The van der Waals surface area contributed by atoms with Crippen LogP contribution < -0.4 is 10.1 Å². The highest BCUT2D eigenvalue weighted by Crippen LogP contribution is 2.48. The fourth-order valence-corrected chi connectivity index (χ4v) is 2.31. The minimum Gasteiger partial charge on any atom is -0.493 e. The maximum absolute atomic E-state index is 12.2. The molecule has 2 aromatic heterocycles. The minimum absolute atomic E-state index is 0.0391. The Labute approximate surface area is 117 Å². The van der Waals surface area contributed by atoms with Crippen LogP contribution in [0.4, 0.5) is 5.82 Å². The molecule has 1 amide bonds. The van der Waals surface area contributed by atoms with Crippen molar-refractivity contribution in [3.8, 4) is 5.75 Å². The Balaban J connectivity index is 1.70. The number of anilines is 1. The quantitative estimate of drug-likeness (QED) is 0.929. The third kappa shape index (κ3) is 2.39. The summed E-state index contributed by atoms with van der Waals surface area (Å²) in [6.07, 6.45) is 2.45. The topological polar surface area (TPSA) is 64.4 Å². The molecule has 1 saturated carbocycles. The highest BCUT2D eigenvalue weighted by Gasteiger charge is 2.46. The van der Waals surface area contributed by atoms with Crippen molar-refractivity contribution in [1.29, 1.82) is 0 Å². The van der Waals surface area contributed by atoms with Crippen LogP contribution in [0.1, 0.15) is 23.8 Å². The Bertz CT molecular complexity index is 622. The van der Waals surface area contributed by atoms with E-state index in [1.807, 2.05) is 25.1 Å². The maximum atomic E-state index is 12.2. The average molecular weight is 272 g/mol. The molecule has 1 aliphatic carbocycles. The summed E-state index contributed by atoms with van der Waals surface area (Å²) < 4.78 is 10.5. The second-order valence-electron chi connectivity index (χ2n) is 4.96. The molecule has 5 nitrogen and oxygen atoms in total. The zero-order valence-electron chi connectivity index (χ0n) is 11.4. The number of nitrogens with one attached hydrogen (secondary N) is 1. The van der Waals surface area contributed by atoms with Gasteiger partial charge in [0.1, 0.15) is 5.76 Å². The number of rotatable bonds is 4. The van der Waals surface area contributed by atoms with Crippen LogP contribution in [0.3, 0.4) is 0 Å². The first kappa shape index (κ1) is 12.7. The van der Waals surface area contributed by atoms with Gasteiger partial charge in [-0.15, -0.1) is 0 Å². The highest BCUT2D eigenvalue weighted by atomic mass is 16.5. The van der Waals surface area contributed by atoms with Crippen LogP contribution in [-0.2, 0) is 4.79 Å². The number of carbonyl (C=O) groups excluding carboxylic acids is 1. The lowest BCUT2D eigenvalue weighted by Crippen LogP contribution is -2.16. The number of nitrogens with zero attached hydrogens (tertiary/aromatic N) is 1. The molecule has 5 heteroatoms. The first-order valence-electron chi connectivity index (χ1n) is 6.55. The van der Waals surface area contributed by atoms with Crippen LogP contribution in [0.5, 0.6) is 5.75 Å². The lowest BCUT2D eigenvalue weighted by Gasteiger charge is -2.09. The fraction of sp³-hybridized carbons (Fsp3) is 0.333. The lowest BCUT2D eigenvalue weighted by atomic mass is 10.2. The Morgan fingerprint density at radius 2 is 2.30 bits per heavy atom. The first-order chi connectivity index (χ1) is 9.69. The van der Waals surface area contributed by atoms with Crippen LogP contribution >= 0.6 is 0 Å². The Morgan fingerprint density at radius 1 is 1.45 bits per heavy atom. The van der Waals surface area contributed by atoms with E-state index in [0.29, 0.717) is 11.6 Å². The number of methoxy groups -OCH3 is 1. The van der Waals surface area contributed by atoms with Gasteiger partial charge in [-0.25, -0.2) is 4.98 Å². The smallest absolute Gasteiger partial charge is 0.229 e. The number of aromatic nitrogens is 1. The molecule has 2 aromatic rings. The summed E-state index contributed by atoms with van der Waals surface area (Å²) in [4.78, 5) is 16.5. The Morgan fingerprint density at radius 3 is 3.00 bits per heavy atom. The minimum atomic E-state index is -0.0480. The Kier molecular flexibility index (Phi) is 3.18. The molecule has 0 bridgehead atoms. The molecule has 104 valence electrons. The third-order valence-corrected chi connectivity index (χ3v) is 3.49. The molecule has 1 N–H and O–H groups in total. The van der Waals surface area contributed by atoms with Gasteiger partial charge in [0.15, 0.2) is 11.6 Å². The molecule has 1 fully saturated rings. The second-order valence-corrected chi connectivity index (χ2v) is 4.96. The molecule has 1 aliphatic rings. The number of ether oxygens (including phenoxy) is 1. The van der Waals surface area contributed by atoms with Crippen molar-refractivity contribution < 1.29 is 13.9 Å². The van der Waals surface area contributed by atoms with Crippen molar-refractivity contribution >= 4 is 11.7 Å². The van der Waals surface area contributed by atoms with Gasteiger partial charge in [-0.05, 0) is 37.6 Å². The molecule has 0 unspecified atom stereocenters. The molecule has 0 aromatic carbocycles. The predicted molar refractivity (Wildman–Crippen MR) is 73.7 cm³/mol. The van der Waals surface area contributed by atoms with Gasteiger partial charge < -0.3 is 14.5 Å². The van der Waals surface area contributed by atoms with Crippen molar-refractivity contribution in [2.75, 3.05) is 12.4 Å². The average Bonchev–Trinajstić information content (AvgIpc) is 3.05. The fourth-order valence-electron chi connectivity index (χ4n) is 2.31. The second kappa shape index (κ2) is 5.00. The molecule has 0 saturated heterocycles. The van der Waals surface area contributed by atoms with E-state index in [1.54, 1.807) is 19.4 Å². The van der Waals surface area contributed by atoms with Crippen LogP contribution in [-0.4, -0.2) is 18.0 Å². The summed E-state index contributed by atoms with van der Waals surface area (Å²) >= 11 is 0. The summed E-state index contributed by atoms with van der Waals surface area (Å²) in [6, 6.07) is 7.39. The van der Waals surface area contributed by atoms with Gasteiger partial charge in [0, 0.05) is 17.5 Å². The van der Waals surface area contributed by atoms with Crippen molar-refractivity contribution in [1.82, 2.24) is 4.98 Å². The molecule has 0 aliphatic heterocycles. The Hall–Kier alpha value is -2.30. The standard InChI is InChI=1S/C15H16N2O3/c1-9-5-6-13(19-2)14(16-9)17-15(18)11-8-10(11)12-4-3-7-20-12/h3-7,10-11H,8H2,1-2H3,(H,16,17,18)/t10-,11-/m1/s1.